The summed E-state index contributed by atoms with van der Waals surface area (Å²) in [6.45, 7) is 6.97. The van der Waals surface area contributed by atoms with E-state index in [9.17, 15) is 4.79 Å². The van der Waals surface area contributed by atoms with Gasteiger partial charge >= 0.3 is 0 Å². The van der Waals surface area contributed by atoms with Crippen molar-refractivity contribution in [3.05, 3.63) is 23.1 Å². The van der Waals surface area contributed by atoms with E-state index in [2.05, 4.69) is 25.5 Å². The number of aryl methyl sites for hydroxylation is 2. The monoisotopic (exact) mass is 402 g/mol. The van der Waals surface area contributed by atoms with Crippen molar-refractivity contribution < 1.29 is 4.79 Å². The van der Waals surface area contributed by atoms with Gasteiger partial charge < -0.3 is 5.32 Å². The molecule has 2 aromatic heterocycles. The summed E-state index contributed by atoms with van der Waals surface area (Å²) in [5.74, 6) is 2.32. The number of carbonyl (C=O) groups excluding carboxylic acids is 1. The Balaban J connectivity index is 1.46. The zero-order valence-electron chi connectivity index (χ0n) is 17.0. The van der Waals surface area contributed by atoms with E-state index in [0.29, 0.717) is 5.69 Å². The number of carbonyl (C=O) groups is 1. The molecule has 0 aromatic carbocycles. The first-order valence-corrected chi connectivity index (χ1v) is 11.3. The van der Waals surface area contributed by atoms with Gasteiger partial charge in [0.05, 0.1) is 11.4 Å². The van der Waals surface area contributed by atoms with Gasteiger partial charge in [0.15, 0.2) is 0 Å². The zero-order valence-corrected chi connectivity index (χ0v) is 17.9. The zero-order chi connectivity index (χ0) is 19.7. The molecule has 1 saturated carbocycles. The number of hydrogen-bond acceptors (Lipinski definition) is 5. The first-order valence-electron chi connectivity index (χ1n) is 10.2. The third-order valence-electron chi connectivity index (χ3n) is 6.38. The van der Waals surface area contributed by atoms with Gasteiger partial charge in [0.1, 0.15) is 5.69 Å². The van der Waals surface area contributed by atoms with E-state index in [-0.39, 0.29) is 11.4 Å². The van der Waals surface area contributed by atoms with Crippen molar-refractivity contribution in [1.29, 1.82) is 0 Å². The summed E-state index contributed by atoms with van der Waals surface area (Å²) >= 11 is 2.03. The minimum absolute atomic E-state index is 0.0735. The lowest BCUT2D eigenvalue weighted by atomic mass is 9.94. The molecule has 4 rings (SSSR count). The third-order valence-corrected chi connectivity index (χ3v) is 7.32. The Morgan fingerprint density at radius 1 is 1.29 bits per heavy atom. The fourth-order valence-electron chi connectivity index (χ4n) is 4.73. The summed E-state index contributed by atoms with van der Waals surface area (Å²) in [7, 11) is 1.92. The van der Waals surface area contributed by atoms with Gasteiger partial charge in [-0.05, 0) is 32.8 Å². The number of amides is 1. The molecule has 7 nitrogen and oxygen atoms in total. The quantitative estimate of drug-likeness (QED) is 0.803. The molecular formula is C20H30N6OS. The van der Waals surface area contributed by atoms with Gasteiger partial charge in [-0.15, -0.1) is 0 Å². The first kappa shape index (κ1) is 19.5. The molecule has 28 heavy (non-hydrogen) atoms. The summed E-state index contributed by atoms with van der Waals surface area (Å²) in [6, 6.07) is 1.84. The van der Waals surface area contributed by atoms with Crippen LogP contribution >= 0.6 is 11.8 Å². The van der Waals surface area contributed by atoms with Crippen LogP contribution in [0.3, 0.4) is 0 Å². The average Bonchev–Trinajstić information content (AvgIpc) is 3.42. The first-order chi connectivity index (χ1) is 13.5. The Labute approximate surface area is 170 Å². The number of nitrogens with one attached hydrogen (secondary N) is 2. The van der Waals surface area contributed by atoms with Gasteiger partial charge in [-0.3, -0.25) is 19.5 Å². The van der Waals surface area contributed by atoms with Gasteiger partial charge in [0, 0.05) is 55.0 Å². The van der Waals surface area contributed by atoms with Crippen molar-refractivity contribution in [2.24, 2.45) is 7.05 Å². The second kappa shape index (κ2) is 7.91. The summed E-state index contributed by atoms with van der Waals surface area (Å²) in [6.07, 6.45) is 4.88. The Morgan fingerprint density at radius 2 is 2.00 bits per heavy atom. The molecule has 3 heterocycles. The van der Waals surface area contributed by atoms with Crippen molar-refractivity contribution in [1.82, 2.24) is 30.2 Å². The largest absolute Gasteiger partial charge is 0.349 e. The fourth-order valence-corrected chi connectivity index (χ4v) is 5.63. The highest BCUT2D eigenvalue weighted by atomic mass is 32.2. The highest BCUT2D eigenvalue weighted by Gasteiger charge is 2.40. The van der Waals surface area contributed by atoms with Crippen molar-refractivity contribution in [3.63, 3.8) is 0 Å². The van der Waals surface area contributed by atoms with E-state index < -0.39 is 0 Å². The number of nitrogens with zero attached hydrogens (tertiary/aromatic N) is 4. The summed E-state index contributed by atoms with van der Waals surface area (Å²) in [5.41, 5.74) is 4.39. The maximum Gasteiger partial charge on any atom is 0.269 e. The molecule has 2 fully saturated rings. The van der Waals surface area contributed by atoms with Crippen molar-refractivity contribution in [3.8, 4) is 11.3 Å². The van der Waals surface area contributed by atoms with Gasteiger partial charge in [-0.1, -0.05) is 12.8 Å². The maximum atomic E-state index is 12.8. The minimum Gasteiger partial charge on any atom is -0.349 e. The molecule has 1 aliphatic heterocycles. The van der Waals surface area contributed by atoms with Crippen LogP contribution in [0, 0.1) is 13.8 Å². The van der Waals surface area contributed by atoms with E-state index in [0.717, 1.165) is 42.3 Å². The van der Waals surface area contributed by atoms with Crippen molar-refractivity contribution >= 4 is 17.7 Å². The van der Waals surface area contributed by atoms with E-state index in [1.165, 1.54) is 37.2 Å². The topological polar surface area (TPSA) is 78.8 Å². The van der Waals surface area contributed by atoms with Crippen LogP contribution in [0.1, 0.15) is 47.6 Å². The lowest BCUT2D eigenvalue weighted by molar-refractivity contribution is 0.0813. The van der Waals surface area contributed by atoms with Crippen LogP contribution in [0.15, 0.2) is 6.07 Å². The smallest absolute Gasteiger partial charge is 0.269 e. The van der Waals surface area contributed by atoms with Crippen LogP contribution in [0.25, 0.3) is 11.3 Å². The highest BCUT2D eigenvalue weighted by molar-refractivity contribution is 7.99. The standard InChI is InChI=1S/C20H30N6OS/c1-14-18(15(2)25(3)24-14)16-12-17(23-22-16)19(27)21-13-20(6-4-5-7-20)26-8-10-28-11-9-26/h12H,4-11,13H2,1-3H3,(H,21,27)(H,22,23). The SMILES string of the molecule is Cc1nn(C)c(C)c1-c1cc(C(=O)NCC2(N3CCSCC3)CCCC2)[nH]n1. The van der Waals surface area contributed by atoms with Crippen LogP contribution in [0.4, 0.5) is 0 Å². The Morgan fingerprint density at radius 3 is 2.64 bits per heavy atom. The fraction of sp³-hybridized carbons (Fsp3) is 0.650. The van der Waals surface area contributed by atoms with Gasteiger partial charge in [0.25, 0.3) is 5.91 Å². The number of aromatic nitrogens is 4. The molecule has 2 aromatic rings. The molecule has 1 amide bonds. The Kier molecular flexibility index (Phi) is 5.51. The summed E-state index contributed by atoms with van der Waals surface area (Å²) in [5, 5.41) is 14.9. The lowest BCUT2D eigenvalue weighted by Crippen LogP contribution is -2.56. The number of aromatic amines is 1. The van der Waals surface area contributed by atoms with Gasteiger partial charge in [-0.2, -0.15) is 22.0 Å². The summed E-state index contributed by atoms with van der Waals surface area (Å²) < 4.78 is 1.85. The van der Waals surface area contributed by atoms with Gasteiger partial charge in [0.2, 0.25) is 0 Å². The maximum absolute atomic E-state index is 12.8. The number of H-pyrrole nitrogens is 1. The van der Waals surface area contributed by atoms with Crippen LogP contribution in [0.2, 0.25) is 0 Å². The Bertz CT molecular complexity index is 845. The molecule has 8 heteroatoms. The number of rotatable bonds is 5. The third kappa shape index (κ3) is 3.59. The minimum atomic E-state index is -0.0735. The molecule has 0 atom stereocenters. The lowest BCUT2D eigenvalue weighted by Gasteiger charge is -2.43. The van der Waals surface area contributed by atoms with Crippen LogP contribution < -0.4 is 5.32 Å². The second-order valence-electron chi connectivity index (χ2n) is 8.05. The predicted octanol–water partition coefficient (Wildman–Crippen LogP) is 2.52. The molecule has 1 aliphatic carbocycles. The van der Waals surface area contributed by atoms with E-state index in [1.807, 2.05) is 43.4 Å². The van der Waals surface area contributed by atoms with Crippen LogP contribution in [-0.2, 0) is 7.05 Å². The van der Waals surface area contributed by atoms with Crippen molar-refractivity contribution in [2.45, 2.75) is 45.1 Å². The van der Waals surface area contributed by atoms with Crippen LogP contribution in [0.5, 0.6) is 0 Å². The number of thioether (sulfide) groups is 1. The summed E-state index contributed by atoms with van der Waals surface area (Å²) in [4.78, 5) is 15.4. The molecule has 152 valence electrons. The van der Waals surface area contributed by atoms with E-state index in [1.54, 1.807) is 0 Å². The highest BCUT2D eigenvalue weighted by Crippen LogP contribution is 2.36. The molecular weight excluding hydrogens is 372 g/mol. The molecule has 0 bridgehead atoms. The van der Waals surface area contributed by atoms with E-state index in [4.69, 9.17) is 0 Å². The molecule has 2 N–H and O–H groups in total. The second-order valence-corrected chi connectivity index (χ2v) is 9.27. The molecule has 1 saturated heterocycles. The molecule has 0 radical (unpaired) electrons. The van der Waals surface area contributed by atoms with Gasteiger partial charge in [-0.25, -0.2) is 0 Å². The molecule has 0 unspecified atom stereocenters. The van der Waals surface area contributed by atoms with Crippen molar-refractivity contribution in [2.75, 3.05) is 31.1 Å². The van der Waals surface area contributed by atoms with E-state index >= 15 is 0 Å². The average molecular weight is 403 g/mol. The Hall–Kier alpha value is -1.80. The predicted molar refractivity (Wildman–Crippen MR) is 113 cm³/mol. The number of hydrogen-bond donors (Lipinski definition) is 2. The van der Waals surface area contributed by atoms with Crippen LogP contribution in [-0.4, -0.2) is 67.5 Å². The molecule has 2 aliphatic rings. The normalized spacial score (nSPS) is 19.8. The molecule has 0 spiro atoms.